The number of fused-ring (bicyclic) bond motifs is 1. The highest BCUT2D eigenvalue weighted by Crippen LogP contribution is 2.21. The van der Waals surface area contributed by atoms with Crippen LogP contribution in [0, 0.1) is 0 Å². The summed E-state index contributed by atoms with van der Waals surface area (Å²) in [6.07, 6.45) is 0. The molecular formula is C15H19N3O3. The lowest BCUT2D eigenvalue weighted by atomic mass is 10.2. The third-order valence-electron chi connectivity index (χ3n) is 3.21. The summed E-state index contributed by atoms with van der Waals surface area (Å²) in [6, 6.07) is 7.21. The van der Waals surface area contributed by atoms with Gasteiger partial charge in [0.25, 0.3) is 5.91 Å². The molecule has 3 N–H and O–H groups in total. The summed E-state index contributed by atoms with van der Waals surface area (Å²) in [7, 11) is 0. The number of amides is 1. The third-order valence-corrected chi connectivity index (χ3v) is 3.21. The topological polar surface area (TPSA) is 88.4 Å². The van der Waals surface area contributed by atoms with Gasteiger partial charge < -0.3 is 20.4 Å². The van der Waals surface area contributed by atoms with Gasteiger partial charge in [-0.15, -0.1) is 0 Å². The molecular weight excluding hydrogens is 270 g/mol. The lowest BCUT2D eigenvalue weighted by molar-refractivity contribution is -0.143. The fraction of sp³-hybridized carbons (Fsp3) is 0.333. The number of hydrogen-bond acceptors (Lipinski definition) is 4. The molecule has 0 aliphatic rings. The molecule has 0 spiro atoms. The summed E-state index contributed by atoms with van der Waals surface area (Å²) in [6.45, 7) is 4.20. The van der Waals surface area contributed by atoms with E-state index in [2.05, 4.69) is 4.98 Å². The molecule has 0 aliphatic carbocycles. The summed E-state index contributed by atoms with van der Waals surface area (Å²) < 4.78 is 4.88. The third kappa shape index (κ3) is 3.16. The highest BCUT2D eigenvalue weighted by molar-refractivity contribution is 6.01. The van der Waals surface area contributed by atoms with Gasteiger partial charge in [0.15, 0.2) is 0 Å². The van der Waals surface area contributed by atoms with Crippen LogP contribution in [-0.4, -0.2) is 41.5 Å². The van der Waals surface area contributed by atoms with E-state index in [1.807, 2.05) is 19.1 Å². The first-order valence-corrected chi connectivity index (χ1v) is 6.88. The highest BCUT2D eigenvalue weighted by atomic mass is 16.5. The number of ether oxygens (including phenoxy) is 1. The van der Waals surface area contributed by atoms with Crippen molar-refractivity contribution in [3.05, 3.63) is 30.0 Å². The van der Waals surface area contributed by atoms with E-state index < -0.39 is 5.97 Å². The van der Waals surface area contributed by atoms with Gasteiger partial charge in [0.2, 0.25) is 0 Å². The molecule has 0 bridgehead atoms. The molecule has 0 atom stereocenters. The summed E-state index contributed by atoms with van der Waals surface area (Å²) in [4.78, 5) is 28.4. The Balaban J connectivity index is 2.23. The van der Waals surface area contributed by atoms with Gasteiger partial charge in [0.1, 0.15) is 12.2 Å². The van der Waals surface area contributed by atoms with E-state index in [9.17, 15) is 9.59 Å². The Morgan fingerprint density at radius 2 is 2.10 bits per heavy atom. The fourth-order valence-electron chi connectivity index (χ4n) is 2.15. The van der Waals surface area contributed by atoms with Crippen molar-refractivity contribution in [2.45, 2.75) is 13.8 Å². The van der Waals surface area contributed by atoms with E-state index in [0.717, 1.165) is 10.9 Å². The number of aromatic amines is 1. The average Bonchev–Trinajstić information content (AvgIpc) is 2.90. The molecule has 0 radical (unpaired) electrons. The van der Waals surface area contributed by atoms with Crippen LogP contribution in [0.25, 0.3) is 10.9 Å². The predicted molar refractivity (Wildman–Crippen MR) is 80.9 cm³/mol. The van der Waals surface area contributed by atoms with Gasteiger partial charge in [0, 0.05) is 11.9 Å². The van der Waals surface area contributed by atoms with Gasteiger partial charge in [-0.2, -0.15) is 0 Å². The molecule has 2 aromatic rings. The van der Waals surface area contributed by atoms with Crippen molar-refractivity contribution in [2.24, 2.45) is 0 Å². The summed E-state index contributed by atoms with van der Waals surface area (Å²) >= 11 is 0. The highest BCUT2D eigenvalue weighted by Gasteiger charge is 2.20. The van der Waals surface area contributed by atoms with Crippen LogP contribution in [0.1, 0.15) is 24.3 Å². The number of likely N-dealkylation sites (N-methyl/N-ethyl adjacent to an activating group) is 1. The second-order valence-electron chi connectivity index (χ2n) is 4.62. The SMILES string of the molecule is CCOC(=O)CN(CC)C(=O)c1cc2cccc(N)c2[nH]1. The van der Waals surface area contributed by atoms with Crippen LogP contribution in [0.15, 0.2) is 24.3 Å². The molecule has 1 aromatic heterocycles. The van der Waals surface area contributed by atoms with Gasteiger partial charge in [-0.05, 0) is 26.0 Å². The molecule has 6 heteroatoms. The Labute approximate surface area is 122 Å². The Bertz CT molecular complexity index is 663. The minimum absolute atomic E-state index is 0.0615. The molecule has 1 aromatic carbocycles. The first kappa shape index (κ1) is 14.9. The van der Waals surface area contributed by atoms with Crippen molar-refractivity contribution >= 4 is 28.5 Å². The second-order valence-corrected chi connectivity index (χ2v) is 4.62. The molecule has 21 heavy (non-hydrogen) atoms. The van der Waals surface area contributed by atoms with Crippen molar-refractivity contribution in [3.8, 4) is 0 Å². The van der Waals surface area contributed by atoms with E-state index in [0.29, 0.717) is 24.5 Å². The van der Waals surface area contributed by atoms with Gasteiger partial charge in [-0.1, -0.05) is 12.1 Å². The molecule has 112 valence electrons. The normalized spacial score (nSPS) is 10.6. The van der Waals surface area contributed by atoms with Crippen molar-refractivity contribution in [3.63, 3.8) is 0 Å². The zero-order valence-corrected chi connectivity index (χ0v) is 12.2. The maximum Gasteiger partial charge on any atom is 0.325 e. The molecule has 0 unspecified atom stereocenters. The molecule has 0 saturated carbocycles. The number of carbonyl (C=O) groups is 2. The van der Waals surface area contributed by atoms with Crippen LogP contribution >= 0.6 is 0 Å². The summed E-state index contributed by atoms with van der Waals surface area (Å²) in [5.41, 5.74) is 7.59. The number of hydrogen-bond donors (Lipinski definition) is 2. The summed E-state index contributed by atoms with van der Waals surface area (Å²) in [5, 5.41) is 0.866. The van der Waals surface area contributed by atoms with Gasteiger partial charge in [0.05, 0.1) is 17.8 Å². The maximum atomic E-state index is 12.4. The first-order valence-electron chi connectivity index (χ1n) is 6.88. The smallest absolute Gasteiger partial charge is 0.325 e. The molecule has 1 amide bonds. The van der Waals surface area contributed by atoms with E-state index in [-0.39, 0.29) is 12.5 Å². The maximum absolute atomic E-state index is 12.4. The zero-order valence-electron chi connectivity index (χ0n) is 12.2. The van der Waals surface area contributed by atoms with E-state index in [1.165, 1.54) is 4.90 Å². The van der Waals surface area contributed by atoms with Crippen molar-refractivity contribution in [1.29, 1.82) is 0 Å². The van der Waals surface area contributed by atoms with Crippen molar-refractivity contribution in [1.82, 2.24) is 9.88 Å². The van der Waals surface area contributed by atoms with Crippen LogP contribution < -0.4 is 5.73 Å². The molecule has 0 aliphatic heterocycles. The minimum atomic E-state index is -0.414. The lowest BCUT2D eigenvalue weighted by Crippen LogP contribution is -2.36. The number of rotatable bonds is 5. The Kier molecular flexibility index (Phi) is 4.47. The number of nitrogens with one attached hydrogen (secondary N) is 1. The number of anilines is 1. The molecule has 1 heterocycles. The number of para-hydroxylation sites is 1. The van der Waals surface area contributed by atoms with Crippen LogP contribution in [0.4, 0.5) is 5.69 Å². The minimum Gasteiger partial charge on any atom is -0.465 e. The number of nitrogens with zero attached hydrogens (tertiary/aromatic N) is 1. The predicted octanol–water partition coefficient (Wildman–Crippen LogP) is 1.78. The van der Waals surface area contributed by atoms with Crippen molar-refractivity contribution in [2.75, 3.05) is 25.4 Å². The monoisotopic (exact) mass is 289 g/mol. The van der Waals surface area contributed by atoms with Crippen LogP contribution in [-0.2, 0) is 9.53 Å². The lowest BCUT2D eigenvalue weighted by Gasteiger charge is -2.18. The number of esters is 1. The molecule has 0 saturated heterocycles. The van der Waals surface area contributed by atoms with E-state index in [1.54, 1.807) is 19.1 Å². The van der Waals surface area contributed by atoms with Crippen molar-refractivity contribution < 1.29 is 14.3 Å². The number of H-pyrrole nitrogens is 1. The van der Waals surface area contributed by atoms with Crippen LogP contribution in [0.5, 0.6) is 0 Å². The van der Waals surface area contributed by atoms with E-state index in [4.69, 9.17) is 10.5 Å². The average molecular weight is 289 g/mol. The molecule has 0 fully saturated rings. The van der Waals surface area contributed by atoms with Gasteiger partial charge in [-0.25, -0.2) is 0 Å². The number of nitrogen functional groups attached to an aromatic ring is 1. The Morgan fingerprint density at radius 3 is 2.71 bits per heavy atom. The number of aromatic nitrogens is 1. The van der Waals surface area contributed by atoms with E-state index >= 15 is 0 Å². The summed E-state index contributed by atoms with van der Waals surface area (Å²) in [5.74, 6) is -0.663. The Morgan fingerprint density at radius 1 is 1.33 bits per heavy atom. The number of nitrogens with two attached hydrogens (primary N) is 1. The first-order chi connectivity index (χ1) is 10.1. The number of benzene rings is 1. The number of carbonyl (C=O) groups excluding carboxylic acids is 2. The Hall–Kier alpha value is -2.50. The standard InChI is InChI=1S/C15H19N3O3/c1-3-18(9-13(19)21-4-2)15(20)12-8-10-6-5-7-11(16)14(10)17-12/h5-8,17H,3-4,9,16H2,1-2H3. The van der Waals surface area contributed by atoms with Gasteiger partial charge >= 0.3 is 5.97 Å². The zero-order chi connectivity index (χ0) is 15.4. The second kappa shape index (κ2) is 6.30. The molecule has 6 nitrogen and oxygen atoms in total. The molecule has 2 rings (SSSR count). The fourth-order valence-corrected chi connectivity index (χ4v) is 2.15. The van der Waals surface area contributed by atoms with Crippen LogP contribution in [0.2, 0.25) is 0 Å². The van der Waals surface area contributed by atoms with Gasteiger partial charge in [-0.3, -0.25) is 9.59 Å². The van der Waals surface area contributed by atoms with Crippen LogP contribution in [0.3, 0.4) is 0 Å². The quantitative estimate of drug-likeness (QED) is 0.648. The largest absolute Gasteiger partial charge is 0.465 e.